The van der Waals surface area contributed by atoms with Crippen LogP contribution in [0.5, 0.6) is 0 Å². The third kappa shape index (κ3) is 7.05. The zero-order valence-electron chi connectivity index (χ0n) is 23.4. The molecule has 0 aliphatic carbocycles. The summed E-state index contributed by atoms with van der Waals surface area (Å²) in [5.41, 5.74) is 7.04. The molecule has 2 aliphatic heterocycles. The van der Waals surface area contributed by atoms with Gasteiger partial charge < -0.3 is 30.5 Å². The fraction of sp³-hybridized carbons (Fsp3) is 0.172. The number of oxime groups is 1. The number of aromatic nitrogens is 1. The minimum absolute atomic E-state index is 0. The molecule has 1 unspecified atom stereocenters. The molecular formula is C29H24N5NaO7S2. The van der Waals surface area contributed by atoms with E-state index < -0.39 is 47.9 Å². The molecule has 0 radical (unpaired) electrons. The second-order valence-electron chi connectivity index (χ2n) is 9.20. The molecule has 2 aliphatic rings. The van der Waals surface area contributed by atoms with Crippen molar-refractivity contribution in [1.29, 1.82) is 0 Å². The standard InChI is InChI=1S/C29H25N5O7S2.Na/c1-2-16-14-42-27-22(26(37)34(27)23(16)28(38)39)32-25(36)21(19-15-43-29(30)31-19)33-40-13-20(35)41-24(17-9-5-3-6-10-17)18-11-7-4-8-12-18;/h2-12,15,22,24,27H,1,13-14H2,(H2,30,31)(H,32,36)(H,38,39);/q;+1/p-1/t22?,27-;/m1./s1. The number of carbonyl (C=O) groups is 4. The largest absolute Gasteiger partial charge is 1.00 e. The average Bonchev–Trinajstić information content (AvgIpc) is 3.46. The third-order valence-corrected chi connectivity index (χ3v) is 8.47. The number of carboxylic acids is 1. The summed E-state index contributed by atoms with van der Waals surface area (Å²) in [6.07, 6.45) is 0.653. The maximum absolute atomic E-state index is 13.3. The maximum atomic E-state index is 13.3. The number of rotatable bonds is 11. The molecule has 44 heavy (non-hydrogen) atoms. The first-order valence-corrected chi connectivity index (χ1v) is 14.7. The molecule has 3 N–H and O–H groups in total. The first-order valence-electron chi connectivity index (χ1n) is 12.8. The quantitative estimate of drug-likeness (QED) is 0.0813. The van der Waals surface area contributed by atoms with Gasteiger partial charge in [0, 0.05) is 11.1 Å². The summed E-state index contributed by atoms with van der Waals surface area (Å²) in [5, 5.41) is 19.0. The smallest absolute Gasteiger partial charge is 0.543 e. The van der Waals surface area contributed by atoms with Gasteiger partial charge in [-0.25, -0.2) is 9.78 Å². The number of hydrogen-bond acceptors (Lipinski definition) is 12. The Kier molecular flexibility index (Phi) is 11.0. The first kappa shape index (κ1) is 33.0. The molecule has 0 saturated carbocycles. The van der Waals surface area contributed by atoms with Crippen molar-refractivity contribution < 1.29 is 63.4 Å². The summed E-state index contributed by atoms with van der Waals surface area (Å²) in [7, 11) is 0. The molecule has 3 heterocycles. The normalized spacial score (nSPS) is 17.6. The van der Waals surface area contributed by atoms with Crippen LogP contribution in [0.3, 0.4) is 0 Å². The Morgan fingerprint density at radius 1 is 1.16 bits per heavy atom. The van der Waals surface area contributed by atoms with Gasteiger partial charge in [0.05, 0.1) is 11.7 Å². The Labute approximate surface area is 282 Å². The van der Waals surface area contributed by atoms with E-state index in [2.05, 4.69) is 22.0 Å². The van der Waals surface area contributed by atoms with Crippen molar-refractivity contribution in [1.82, 2.24) is 15.2 Å². The predicted octanol–water partition coefficient (Wildman–Crippen LogP) is -1.63. The van der Waals surface area contributed by atoms with Crippen LogP contribution in [0.4, 0.5) is 5.13 Å². The topological polar surface area (TPSA) is 176 Å². The van der Waals surface area contributed by atoms with Crippen molar-refractivity contribution in [3.8, 4) is 0 Å². The van der Waals surface area contributed by atoms with E-state index in [0.29, 0.717) is 5.57 Å². The molecular weight excluding hydrogens is 617 g/mol. The van der Waals surface area contributed by atoms with Gasteiger partial charge in [0.15, 0.2) is 16.9 Å². The van der Waals surface area contributed by atoms with Gasteiger partial charge >= 0.3 is 35.5 Å². The number of amides is 2. The molecule has 2 amide bonds. The molecule has 1 fully saturated rings. The molecule has 1 aromatic heterocycles. The van der Waals surface area contributed by atoms with Gasteiger partial charge in [-0.05, 0) is 16.7 Å². The van der Waals surface area contributed by atoms with Gasteiger partial charge in [-0.1, -0.05) is 78.5 Å². The summed E-state index contributed by atoms with van der Waals surface area (Å²) in [6, 6.07) is 17.3. The summed E-state index contributed by atoms with van der Waals surface area (Å²) in [6.45, 7) is 2.96. The van der Waals surface area contributed by atoms with Crippen LogP contribution in [0.15, 0.2) is 95.1 Å². The number of anilines is 1. The van der Waals surface area contributed by atoms with Crippen LogP contribution in [-0.4, -0.2) is 63.1 Å². The minimum atomic E-state index is -1.51. The van der Waals surface area contributed by atoms with Crippen molar-refractivity contribution in [2.24, 2.45) is 5.16 Å². The van der Waals surface area contributed by atoms with Gasteiger partial charge in [-0.3, -0.25) is 14.5 Å². The number of hydrogen-bond donors (Lipinski definition) is 2. The molecule has 12 nitrogen and oxygen atoms in total. The van der Waals surface area contributed by atoms with Crippen molar-refractivity contribution in [3.63, 3.8) is 0 Å². The maximum Gasteiger partial charge on any atom is 1.00 e. The summed E-state index contributed by atoms with van der Waals surface area (Å²) >= 11 is 2.31. The van der Waals surface area contributed by atoms with E-state index in [-0.39, 0.29) is 57.5 Å². The number of nitrogens with one attached hydrogen (secondary N) is 1. The minimum Gasteiger partial charge on any atom is -0.543 e. The molecule has 220 valence electrons. The Balaban J connectivity index is 0.00000442. The Morgan fingerprint density at radius 2 is 1.80 bits per heavy atom. The van der Waals surface area contributed by atoms with Crippen molar-refractivity contribution >= 4 is 57.7 Å². The van der Waals surface area contributed by atoms with Gasteiger partial charge in [-0.2, -0.15) is 0 Å². The van der Waals surface area contributed by atoms with Crippen molar-refractivity contribution in [2.45, 2.75) is 17.5 Å². The zero-order chi connectivity index (χ0) is 30.5. The fourth-order valence-corrected chi connectivity index (χ4v) is 6.39. The Bertz CT molecular complexity index is 1590. The number of nitrogens with zero attached hydrogens (tertiary/aromatic N) is 3. The SMILES string of the molecule is C=CC1=C(C(=O)[O-])N2C(=O)C(NC(=O)C(=NOCC(=O)OC(c3ccccc3)c3ccccc3)c3csc(N)n3)[C@H]2SC1.[Na+]. The molecule has 3 aromatic rings. The molecule has 2 aromatic carbocycles. The Morgan fingerprint density at radius 3 is 2.34 bits per heavy atom. The molecule has 0 spiro atoms. The first-order chi connectivity index (χ1) is 20.8. The van der Waals surface area contributed by atoms with Crippen LogP contribution in [0, 0.1) is 0 Å². The van der Waals surface area contributed by atoms with Crippen LogP contribution >= 0.6 is 23.1 Å². The zero-order valence-corrected chi connectivity index (χ0v) is 27.0. The molecule has 2 atom stereocenters. The number of ether oxygens (including phenoxy) is 1. The van der Waals surface area contributed by atoms with E-state index in [1.807, 2.05) is 60.7 Å². The van der Waals surface area contributed by atoms with E-state index in [1.54, 1.807) is 0 Å². The number of thiazole rings is 1. The monoisotopic (exact) mass is 641 g/mol. The number of nitrogen functional groups attached to an aromatic ring is 1. The number of allylic oxidation sites excluding steroid dienone is 1. The fourth-order valence-electron chi connectivity index (χ4n) is 4.50. The number of aliphatic carboxylic acids is 1. The Hall–Kier alpha value is -3.95. The van der Waals surface area contributed by atoms with E-state index >= 15 is 0 Å². The average molecular weight is 642 g/mol. The molecule has 15 heteroatoms. The second kappa shape index (κ2) is 14.7. The summed E-state index contributed by atoms with van der Waals surface area (Å²) < 4.78 is 5.70. The number of β-lactam (4-membered cyclic amide) rings is 1. The number of thioether (sulfide) groups is 1. The third-order valence-electron chi connectivity index (χ3n) is 6.50. The van der Waals surface area contributed by atoms with E-state index in [0.717, 1.165) is 27.4 Å². The summed E-state index contributed by atoms with van der Waals surface area (Å²) in [5.74, 6) is -3.48. The molecule has 5 rings (SSSR count). The summed E-state index contributed by atoms with van der Waals surface area (Å²) in [4.78, 5) is 61.0. The predicted molar refractivity (Wildman–Crippen MR) is 157 cm³/mol. The van der Waals surface area contributed by atoms with Gasteiger partial charge in [0.1, 0.15) is 17.1 Å². The molecule has 0 bridgehead atoms. The van der Waals surface area contributed by atoms with Crippen LogP contribution in [0.1, 0.15) is 22.9 Å². The van der Waals surface area contributed by atoms with Gasteiger partial charge in [-0.15, -0.1) is 23.1 Å². The number of fused-ring (bicyclic) bond motifs is 1. The van der Waals surface area contributed by atoms with Crippen LogP contribution < -0.4 is 45.7 Å². The van der Waals surface area contributed by atoms with Gasteiger partial charge in [0.25, 0.3) is 11.8 Å². The van der Waals surface area contributed by atoms with Gasteiger partial charge in [0.2, 0.25) is 6.61 Å². The van der Waals surface area contributed by atoms with Crippen molar-refractivity contribution in [2.75, 3.05) is 18.1 Å². The number of nitrogens with two attached hydrogens (primary N) is 1. The van der Waals surface area contributed by atoms with E-state index in [9.17, 15) is 24.3 Å². The van der Waals surface area contributed by atoms with Crippen LogP contribution in [0.2, 0.25) is 0 Å². The van der Waals surface area contributed by atoms with Crippen molar-refractivity contribution in [3.05, 3.63) is 107 Å². The number of benzene rings is 2. The van der Waals surface area contributed by atoms with E-state index in [4.69, 9.17) is 15.3 Å². The van der Waals surface area contributed by atoms with Crippen LogP contribution in [-0.2, 0) is 28.8 Å². The van der Waals surface area contributed by atoms with E-state index in [1.165, 1.54) is 23.2 Å². The second-order valence-corrected chi connectivity index (χ2v) is 11.2. The number of esters is 1. The number of carbonyl (C=O) groups excluding carboxylic acids is 4. The van der Waals surface area contributed by atoms with Crippen LogP contribution in [0.25, 0.3) is 0 Å². The number of carboxylic acid groups (broad SMARTS) is 1. The molecule has 1 saturated heterocycles.